The molecule has 0 spiro atoms. The molecule has 0 aliphatic carbocycles. The van der Waals surface area contributed by atoms with Crippen molar-refractivity contribution in [3.05, 3.63) is 96.6 Å². The maximum absolute atomic E-state index is 2.23. The quantitative estimate of drug-likeness (QED) is 0.397. The first-order valence-electron chi connectivity index (χ1n) is 7.98. The Balaban J connectivity index is 2.02. The van der Waals surface area contributed by atoms with E-state index in [1.54, 1.807) is 0 Å². The van der Waals surface area contributed by atoms with Crippen LogP contribution in [0.1, 0.15) is 5.56 Å². The van der Waals surface area contributed by atoms with Crippen molar-refractivity contribution < 1.29 is 0 Å². The number of benzene rings is 4. The Kier molecular flexibility index (Phi) is 3.44. The predicted octanol–water partition coefficient (Wildman–Crippen LogP) is 6.48. The lowest BCUT2D eigenvalue weighted by atomic mass is 9.90. The van der Waals surface area contributed by atoms with Crippen molar-refractivity contribution in [2.75, 3.05) is 0 Å². The van der Waals surface area contributed by atoms with Gasteiger partial charge >= 0.3 is 0 Å². The highest BCUT2D eigenvalue weighted by atomic mass is 14.1. The molecule has 4 aromatic carbocycles. The van der Waals surface area contributed by atoms with Crippen LogP contribution in [0.3, 0.4) is 0 Å². The number of hydrogen-bond donors (Lipinski definition) is 0. The van der Waals surface area contributed by atoms with Gasteiger partial charge in [-0.25, -0.2) is 0 Å². The largest absolute Gasteiger partial charge is 0.0622 e. The lowest BCUT2D eigenvalue weighted by Crippen LogP contribution is -1.87. The summed E-state index contributed by atoms with van der Waals surface area (Å²) in [5.41, 5.74) is 6.44. The fourth-order valence-electron chi connectivity index (χ4n) is 3.29. The van der Waals surface area contributed by atoms with Crippen molar-refractivity contribution in [3.8, 4) is 22.3 Å². The zero-order valence-corrected chi connectivity index (χ0v) is 13.2. The van der Waals surface area contributed by atoms with Crippen LogP contribution in [0.5, 0.6) is 0 Å². The molecule has 0 saturated heterocycles. The van der Waals surface area contributed by atoms with Gasteiger partial charge in [0.15, 0.2) is 0 Å². The topological polar surface area (TPSA) is 0 Å². The smallest absolute Gasteiger partial charge is 0.00991 e. The summed E-state index contributed by atoms with van der Waals surface area (Å²) in [6.07, 6.45) is 0. The van der Waals surface area contributed by atoms with E-state index in [0.717, 1.165) is 0 Å². The van der Waals surface area contributed by atoms with Gasteiger partial charge < -0.3 is 0 Å². The molecule has 0 aromatic heterocycles. The molecule has 0 atom stereocenters. The van der Waals surface area contributed by atoms with Gasteiger partial charge in [0.1, 0.15) is 0 Å². The molecular weight excluding hydrogens is 276 g/mol. The van der Waals surface area contributed by atoms with Gasteiger partial charge in [0, 0.05) is 0 Å². The van der Waals surface area contributed by atoms with Crippen LogP contribution < -0.4 is 0 Å². The lowest BCUT2D eigenvalue weighted by Gasteiger charge is -2.13. The summed E-state index contributed by atoms with van der Waals surface area (Å²) in [5, 5.41) is 2.64. The van der Waals surface area contributed by atoms with E-state index in [0.29, 0.717) is 0 Å². The van der Waals surface area contributed by atoms with Gasteiger partial charge in [0.05, 0.1) is 0 Å². The number of hydrogen-bond acceptors (Lipinski definition) is 0. The van der Waals surface area contributed by atoms with Crippen LogP contribution in [0.25, 0.3) is 33.0 Å². The molecule has 0 fully saturated rings. The van der Waals surface area contributed by atoms with Crippen LogP contribution in [0, 0.1) is 6.92 Å². The fraction of sp³-hybridized carbons (Fsp3) is 0.0435. The maximum Gasteiger partial charge on any atom is -0.00991 e. The molecule has 0 saturated carbocycles. The Morgan fingerprint density at radius 1 is 0.435 bits per heavy atom. The molecule has 0 N–H and O–H groups in total. The normalized spacial score (nSPS) is 10.8. The second-order valence-electron chi connectivity index (χ2n) is 5.89. The van der Waals surface area contributed by atoms with Gasteiger partial charge in [-0.05, 0) is 45.5 Å². The number of rotatable bonds is 2. The van der Waals surface area contributed by atoms with Crippen LogP contribution in [0.15, 0.2) is 91.0 Å². The zero-order chi connectivity index (χ0) is 15.6. The van der Waals surface area contributed by atoms with Gasteiger partial charge in [0.2, 0.25) is 0 Å². The van der Waals surface area contributed by atoms with Crippen molar-refractivity contribution in [2.45, 2.75) is 6.92 Å². The SMILES string of the molecule is Cc1cccc2c(-c3ccccc3-c3ccccc3)cccc12. The van der Waals surface area contributed by atoms with E-state index in [1.807, 2.05) is 0 Å². The van der Waals surface area contributed by atoms with Crippen molar-refractivity contribution in [1.82, 2.24) is 0 Å². The van der Waals surface area contributed by atoms with Gasteiger partial charge in [0.25, 0.3) is 0 Å². The summed E-state index contributed by atoms with van der Waals surface area (Å²) >= 11 is 0. The average Bonchev–Trinajstić information content (AvgIpc) is 2.62. The third-order valence-corrected chi connectivity index (χ3v) is 4.44. The minimum atomic E-state index is 1.26. The molecule has 0 aliphatic heterocycles. The summed E-state index contributed by atoms with van der Waals surface area (Å²) in [6, 6.07) is 32.4. The molecule has 0 amide bonds. The van der Waals surface area contributed by atoms with E-state index in [9.17, 15) is 0 Å². The van der Waals surface area contributed by atoms with Crippen molar-refractivity contribution in [1.29, 1.82) is 0 Å². The summed E-state index contributed by atoms with van der Waals surface area (Å²) < 4.78 is 0. The molecule has 0 nitrogen and oxygen atoms in total. The molecule has 4 rings (SSSR count). The minimum absolute atomic E-state index is 1.26. The van der Waals surface area contributed by atoms with E-state index in [-0.39, 0.29) is 0 Å². The van der Waals surface area contributed by atoms with Crippen LogP contribution in [0.2, 0.25) is 0 Å². The molecule has 0 heterocycles. The van der Waals surface area contributed by atoms with Crippen molar-refractivity contribution >= 4 is 10.8 Å². The van der Waals surface area contributed by atoms with E-state index >= 15 is 0 Å². The van der Waals surface area contributed by atoms with Crippen LogP contribution in [-0.4, -0.2) is 0 Å². The van der Waals surface area contributed by atoms with Gasteiger partial charge in [-0.15, -0.1) is 0 Å². The molecule has 0 heteroatoms. The molecule has 0 unspecified atom stereocenters. The fourth-order valence-corrected chi connectivity index (χ4v) is 3.29. The Labute approximate surface area is 137 Å². The van der Waals surface area contributed by atoms with Gasteiger partial charge in [-0.2, -0.15) is 0 Å². The van der Waals surface area contributed by atoms with Crippen LogP contribution in [-0.2, 0) is 0 Å². The highest BCUT2D eigenvalue weighted by molar-refractivity contribution is 6.01. The maximum atomic E-state index is 2.23. The van der Waals surface area contributed by atoms with E-state index in [2.05, 4.69) is 97.9 Å². The number of fused-ring (bicyclic) bond motifs is 1. The Morgan fingerprint density at radius 3 is 1.87 bits per heavy atom. The van der Waals surface area contributed by atoms with Crippen LogP contribution >= 0.6 is 0 Å². The molecular formula is C23H18. The van der Waals surface area contributed by atoms with E-state index < -0.39 is 0 Å². The minimum Gasteiger partial charge on any atom is -0.0622 e. The Bertz CT molecular complexity index is 965. The first kappa shape index (κ1) is 13.8. The van der Waals surface area contributed by atoms with Crippen molar-refractivity contribution in [3.63, 3.8) is 0 Å². The first-order chi connectivity index (χ1) is 11.3. The standard InChI is InChI=1S/C23H18/c1-17-9-7-15-21-19(17)14-8-16-23(21)22-13-6-5-12-20(22)18-10-3-2-4-11-18/h2-16H,1H3. The highest BCUT2D eigenvalue weighted by Crippen LogP contribution is 2.36. The predicted molar refractivity (Wildman–Crippen MR) is 99.6 cm³/mol. The third-order valence-electron chi connectivity index (χ3n) is 4.44. The summed E-state index contributed by atoms with van der Waals surface area (Å²) in [6.45, 7) is 2.18. The van der Waals surface area contributed by atoms with Gasteiger partial charge in [-0.3, -0.25) is 0 Å². The lowest BCUT2D eigenvalue weighted by molar-refractivity contribution is 1.53. The molecule has 0 radical (unpaired) electrons. The third kappa shape index (κ3) is 2.43. The van der Waals surface area contributed by atoms with E-state index in [4.69, 9.17) is 0 Å². The van der Waals surface area contributed by atoms with Gasteiger partial charge in [-0.1, -0.05) is 91.0 Å². The summed E-state index contributed by atoms with van der Waals surface area (Å²) in [4.78, 5) is 0. The summed E-state index contributed by atoms with van der Waals surface area (Å²) in [5.74, 6) is 0. The number of aryl methyl sites for hydroxylation is 1. The Hall–Kier alpha value is -2.86. The first-order valence-corrected chi connectivity index (χ1v) is 7.98. The molecule has 110 valence electrons. The summed E-state index contributed by atoms with van der Waals surface area (Å²) in [7, 11) is 0. The average molecular weight is 294 g/mol. The second kappa shape index (κ2) is 5.73. The van der Waals surface area contributed by atoms with E-state index in [1.165, 1.54) is 38.6 Å². The Morgan fingerprint density at radius 2 is 1.04 bits per heavy atom. The second-order valence-corrected chi connectivity index (χ2v) is 5.89. The zero-order valence-electron chi connectivity index (χ0n) is 13.2. The molecule has 23 heavy (non-hydrogen) atoms. The van der Waals surface area contributed by atoms with Crippen LogP contribution in [0.4, 0.5) is 0 Å². The monoisotopic (exact) mass is 294 g/mol. The van der Waals surface area contributed by atoms with Crippen molar-refractivity contribution in [2.24, 2.45) is 0 Å². The molecule has 0 aliphatic rings. The molecule has 0 bridgehead atoms. The molecule has 4 aromatic rings. The highest BCUT2D eigenvalue weighted by Gasteiger charge is 2.10.